The van der Waals surface area contributed by atoms with Crippen LogP contribution in [0.4, 0.5) is 0 Å². The summed E-state index contributed by atoms with van der Waals surface area (Å²) in [5, 5.41) is 5.04. The molecule has 4 nitrogen and oxygen atoms in total. The van der Waals surface area contributed by atoms with Gasteiger partial charge < -0.3 is 9.47 Å². The van der Waals surface area contributed by atoms with E-state index in [0.29, 0.717) is 12.4 Å². The van der Waals surface area contributed by atoms with Gasteiger partial charge in [-0.2, -0.15) is 0 Å². The molecule has 0 saturated heterocycles. The zero-order chi connectivity index (χ0) is 7.98. The minimum atomic E-state index is -1.30. The third-order valence-electron chi connectivity index (χ3n) is 1.04. The summed E-state index contributed by atoms with van der Waals surface area (Å²) in [4.78, 5) is 0. The van der Waals surface area contributed by atoms with E-state index in [1.807, 2.05) is 0 Å². The van der Waals surface area contributed by atoms with E-state index in [9.17, 15) is 4.21 Å². The SMILES string of the molecule is COCC(CS(N)=O)OC. The summed E-state index contributed by atoms with van der Waals surface area (Å²) in [6.45, 7) is 0.430. The second kappa shape index (κ2) is 5.79. The summed E-state index contributed by atoms with van der Waals surface area (Å²) >= 11 is 0. The lowest BCUT2D eigenvalue weighted by Gasteiger charge is -2.11. The predicted octanol–water partition coefficient (Wildman–Crippen LogP) is -0.730. The van der Waals surface area contributed by atoms with Gasteiger partial charge in [0.25, 0.3) is 0 Å². The summed E-state index contributed by atoms with van der Waals surface area (Å²) < 4.78 is 20.1. The molecule has 5 heteroatoms. The third-order valence-corrected chi connectivity index (χ3v) is 1.74. The lowest BCUT2D eigenvalue weighted by Crippen LogP contribution is -2.27. The Hall–Kier alpha value is 0.0300. The highest BCUT2D eigenvalue weighted by Gasteiger charge is 2.08. The Bertz CT molecular complexity index is 109. The lowest BCUT2D eigenvalue weighted by molar-refractivity contribution is 0.0425. The maximum Gasteiger partial charge on any atom is 0.0932 e. The zero-order valence-electron chi connectivity index (χ0n) is 6.20. The Labute approximate surface area is 63.3 Å². The number of ether oxygens (including phenoxy) is 2. The van der Waals surface area contributed by atoms with Crippen LogP contribution >= 0.6 is 0 Å². The highest BCUT2D eigenvalue weighted by Crippen LogP contribution is 1.90. The van der Waals surface area contributed by atoms with Crippen molar-refractivity contribution in [3.8, 4) is 0 Å². The van der Waals surface area contributed by atoms with E-state index in [1.54, 1.807) is 7.11 Å². The molecule has 0 rings (SSSR count). The smallest absolute Gasteiger partial charge is 0.0932 e. The molecule has 0 fully saturated rings. The van der Waals surface area contributed by atoms with Crippen LogP contribution in [-0.2, 0) is 20.5 Å². The molecule has 0 aliphatic heterocycles. The first kappa shape index (κ1) is 10.0. The van der Waals surface area contributed by atoms with Crippen LogP contribution in [0.15, 0.2) is 0 Å². The molecule has 2 atom stereocenters. The van der Waals surface area contributed by atoms with Gasteiger partial charge in [0.2, 0.25) is 0 Å². The molecule has 0 bridgehead atoms. The number of hydrogen-bond acceptors (Lipinski definition) is 3. The minimum Gasteiger partial charge on any atom is -0.382 e. The Morgan fingerprint density at radius 2 is 2.20 bits per heavy atom. The Morgan fingerprint density at radius 3 is 2.50 bits per heavy atom. The average molecular weight is 167 g/mol. The van der Waals surface area contributed by atoms with E-state index in [1.165, 1.54) is 7.11 Å². The van der Waals surface area contributed by atoms with Crippen molar-refractivity contribution < 1.29 is 13.7 Å². The molecule has 2 unspecified atom stereocenters. The van der Waals surface area contributed by atoms with E-state index < -0.39 is 11.0 Å². The van der Waals surface area contributed by atoms with Crippen LogP contribution < -0.4 is 5.14 Å². The quantitative estimate of drug-likeness (QED) is 0.587. The molecule has 0 radical (unpaired) electrons. The van der Waals surface area contributed by atoms with Gasteiger partial charge in [0, 0.05) is 14.2 Å². The van der Waals surface area contributed by atoms with Crippen LogP contribution in [0.25, 0.3) is 0 Å². The number of hydrogen-bond donors (Lipinski definition) is 1. The van der Waals surface area contributed by atoms with Crippen molar-refractivity contribution in [2.75, 3.05) is 26.6 Å². The van der Waals surface area contributed by atoms with Crippen molar-refractivity contribution in [2.45, 2.75) is 6.10 Å². The molecule has 0 spiro atoms. The highest BCUT2D eigenvalue weighted by molar-refractivity contribution is 7.82. The summed E-state index contributed by atoms with van der Waals surface area (Å²) in [5.41, 5.74) is 0. The average Bonchev–Trinajstić information content (AvgIpc) is 1.86. The van der Waals surface area contributed by atoms with E-state index >= 15 is 0 Å². The summed E-state index contributed by atoms with van der Waals surface area (Å²) in [6.07, 6.45) is -0.157. The fourth-order valence-electron chi connectivity index (χ4n) is 0.553. The minimum absolute atomic E-state index is 0.157. The maximum absolute atomic E-state index is 10.4. The van der Waals surface area contributed by atoms with E-state index in [4.69, 9.17) is 14.6 Å². The summed E-state index contributed by atoms with van der Waals surface area (Å²) in [6, 6.07) is 0. The summed E-state index contributed by atoms with van der Waals surface area (Å²) in [5.74, 6) is 0.324. The topological polar surface area (TPSA) is 61.5 Å². The molecule has 0 aliphatic rings. The van der Waals surface area contributed by atoms with Crippen molar-refractivity contribution in [2.24, 2.45) is 5.14 Å². The second-order valence-electron chi connectivity index (χ2n) is 1.86. The normalized spacial score (nSPS) is 16.7. The van der Waals surface area contributed by atoms with Crippen LogP contribution in [0.1, 0.15) is 0 Å². The van der Waals surface area contributed by atoms with Crippen LogP contribution in [0.2, 0.25) is 0 Å². The van der Waals surface area contributed by atoms with Crippen molar-refractivity contribution in [1.29, 1.82) is 0 Å². The van der Waals surface area contributed by atoms with Crippen LogP contribution in [-0.4, -0.2) is 36.9 Å². The van der Waals surface area contributed by atoms with Gasteiger partial charge >= 0.3 is 0 Å². The molecule has 0 amide bonds. The first-order chi connectivity index (χ1) is 4.70. The van der Waals surface area contributed by atoms with E-state index in [2.05, 4.69) is 0 Å². The van der Waals surface area contributed by atoms with Crippen molar-refractivity contribution in [3.05, 3.63) is 0 Å². The van der Waals surface area contributed by atoms with Gasteiger partial charge in [-0.25, -0.2) is 4.21 Å². The number of nitrogens with two attached hydrogens (primary N) is 1. The molecular weight excluding hydrogens is 154 g/mol. The molecule has 0 aromatic heterocycles. The molecule has 2 N–H and O–H groups in total. The molecule has 62 valence electrons. The Balaban J connectivity index is 3.49. The van der Waals surface area contributed by atoms with E-state index in [-0.39, 0.29) is 6.10 Å². The predicted molar refractivity (Wildman–Crippen MR) is 39.9 cm³/mol. The molecule has 0 aromatic carbocycles. The fraction of sp³-hybridized carbons (Fsp3) is 1.00. The molecule has 10 heavy (non-hydrogen) atoms. The van der Waals surface area contributed by atoms with Gasteiger partial charge in [0.15, 0.2) is 0 Å². The second-order valence-corrected chi connectivity index (χ2v) is 2.96. The molecule has 0 heterocycles. The van der Waals surface area contributed by atoms with Gasteiger partial charge in [-0.3, -0.25) is 5.14 Å². The summed E-state index contributed by atoms with van der Waals surface area (Å²) in [7, 11) is 1.80. The highest BCUT2D eigenvalue weighted by atomic mass is 32.2. The van der Waals surface area contributed by atoms with Crippen LogP contribution in [0, 0.1) is 0 Å². The lowest BCUT2D eigenvalue weighted by atomic mass is 10.4. The van der Waals surface area contributed by atoms with Crippen molar-refractivity contribution in [3.63, 3.8) is 0 Å². The van der Waals surface area contributed by atoms with Gasteiger partial charge in [-0.1, -0.05) is 0 Å². The zero-order valence-corrected chi connectivity index (χ0v) is 7.02. The fourth-order valence-corrected chi connectivity index (χ4v) is 1.15. The number of methoxy groups -OCH3 is 2. The van der Waals surface area contributed by atoms with Gasteiger partial charge in [-0.15, -0.1) is 0 Å². The molecule has 0 aromatic rings. The van der Waals surface area contributed by atoms with Gasteiger partial charge in [0.05, 0.1) is 29.4 Å². The Morgan fingerprint density at radius 1 is 1.60 bits per heavy atom. The third kappa shape index (κ3) is 4.87. The Kier molecular flexibility index (Phi) is 5.81. The first-order valence-corrected chi connectivity index (χ1v) is 4.23. The van der Waals surface area contributed by atoms with Crippen LogP contribution in [0.3, 0.4) is 0 Å². The van der Waals surface area contributed by atoms with Gasteiger partial charge in [-0.05, 0) is 0 Å². The number of rotatable bonds is 5. The largest absolute Gasteiger partial charge is 0.382 e. The maximum atomic E-state index is 10.4. The monoisotopic (exact) mass is 167 g/mol. The van der Waals surface area contributed by atoms with Crippen molar-refractivity contribution in [1.82, 2.24) is 0 Å². The molecule has 0 aliphatic carbocycles. The molecular formula is C5H13NO3S. The van der Waals surface area contributed by atoms with Crippen molar-refractivity contribution >= 4 is 11.0 Å². The standard InChI is InChI=1S/C5H13NO3S/c1-8-3-5(9-2)4-10(6)7/h5H,3-4,6H2,1-2H3. The molecule has 0 saturated carbocycles. The first-order valence-electron chi connectivity index (χ1n) is 2.85. The van der Waals surface area contributed by atoms with Gasteiger partial charge in [0.1, 0.15) is 0 Å². The van der Waals surface area contributed by atoms with Crippen LogP contribution in [0.5, 0.6) is 0 Å². The van der Waals surface area contributed by atoms with E-state index in [0.717, 1.165) is 0 Å².